The third-order valence-electron chi connectivity index (χ3n) is 6.46. The Morgan fingerprint density at radius 2 is 1.56 bits per heavy atom. The highest BCUT2D eigenvalue weighted by atomic mass is 16.2. The smallest absolute Gasteiger partial charge is 0.281 e. The van der Waals surface area contributed by atoms with Crippen LogP contribution in [0.25, 0.3) is 0 Å². The second-order valence-corrected chi connectivity index (χ2v) is 8.46. The van der Waals surface area contributed by atoms with Crippen LogP contribution in [-0.2, 0) is 11.2 Å². The molecule has 5 rings (SSSR count). The molecule has 5 nitrogen and oxygen atoms in total. The number of aliphatic imine (C=N–C) groups is 1. The molecule has 2 aliphatic heterocycles. The van der Waals surface area contributed by atoms with Crippen molar-refractivity contribution in [3.8, 4) is 0 Å². The van der Waals surface area contributed by atoms with Crippen molar-refractivity contribution >= 4 is 28.7 Å². The molecule has 0 unspecified atom stereocenters. The molecule has 0 atom stereocenters. The molecule has 2 aliphatic rings. The second kappa shape index (κ2) is 8.97. The Morgan fingerprint density at radius 3 is 2.28 bits per heavy atom. The normalized spacial score (nSPS) is 17.8. The summed E-state index contributed by atoms with van der Waals surface area (Å²) in [6.07, 6.45) is 0.993. The van der Waals surface area contributed by atoms with Crippen LogP contribution >= 0.6 is 0 Å². The summed E-state index contributed by atoms with van der Waals surface area (Å²) in [7, 11) is 0. The highest BCUT2D eigenvalue weighted by Gasteiger charge is 2.36. The van der Waals surface area contributed by atoms with Crippen molar-refractivity contribution in [2.24, 2.45) is 4.99 Å². The molecule has 2 heterocycles. The maximum atomic E-state index is 13.4. The number of fused-ring (bicyclic) bond motifs is 1. The Hall–Kier alpha value is -3.44. The predicted molar refractivity (Wildman–Crippen MR) is 130 cm³/mol. The number of anilines is 2. The minimum atomic E-state index is 0.00348. The molecular weight excluding hydrogens is 396 g/mol. The number of aryl methyl sites for hydroxylation is 1. The molecule has 0 radical (unpaired) electrons. The molecule has 1 N–H and O–H groups in total. The Balaban J connectivity index is 1.33. The van der Waals surface area contributed by atoms with Crippen LogP contribution in [0.15, 0.2) is 83.9 Å². The first kappa shape index (κ1) is 20.5. The molecule has 5 heteroatoms. The number of benzene rings is 3. The van der Waals surface area contributed by atoms with Gasteiger partial charge < -0.3 is 9.80 Å². The summed E-state index contributed by atoms with van der Waals surface area (Å²) in [6, 6.07) is 26.8. The summed E-state index contributed by atoms with van der Waals surface area (Å²) in [4.78, 5) is 23.9. The standard InChI is InChI=1S/C27H28N4O/c1-2-21-12-14-22(15-13-21)28-26-24-10-6-7-11-25(24)31(27(26)32)20-29-16-18-30(19-17-29)23-8-4-3-5-9-23/h3-15H,2,16-20H2,1H3/p+1. The van der Waals surface area contributed by atoms with Gasteiger partial charge in [0.05, 0.1) is 37.6 Å². The molecule has 162 valence electrons. The van der Waals surface area contributed by atoms with E-state index in [1.807, 2.05) is 41.3 Å². The van der Waals surface area contributed by atoms with Gasteiger partial charge in [-0.3, -0.25) is 9.69 Å². The monoisotopic (exact) mass is 425 g/mol. The van der Waals surface area contributed by atoms with Crippen molar-refractivity contribution in [1.82, 2.24) is 0 Å². The van der Waals surface area contributed by atoms with Gasteiger partial charge in [0.1, 0.15) is 5.71 Å². The lowest BCUT2D eigenvalue weighted by molar-refractivity contribution is -0.899. The lowest BCUT2D eigenvalue weighted by Gasteiger charge is -2.35. The number of hydrogen-bond acceptors (Lipinski definition) is 3. The van der Waals surface area contributed by atoms with Gasteiger partial charge in [0, 0.05) is 11.3 Å². The molecule has 0 spiro atoms. The van der Waals surface area contributed by atoms with E-state index >= 15 is 0 Å². The van der Waals surface area contributed by atoms with Crippen LogP contribution in [-0.4, -0.2) is 44.5 Å². The molecule has 1 fully saturated rings. The zero-order valence-corrected chi connectivity index (χ0v) is 18.5. The zero-order chi connectivity index (χ0) is 21.9. The predicted octanol–water partition coefficient (Wildman–Crippen LogP) is 3.08. The Kier molecular flexibility index (Phi) is 5.73. The van der Waals surface area contributed by atoms with Crippen molar-refractivity contribution in [2.75, 3.05) is 42.6 Å². The van der Waals surface area contributed by atoms with E-state index in [0.29, 0.717) is 12.4 Å². The van der Waals surface area contributed by atoms with E-state index in [0.717, 1.165) is 49.5 Å². The highest BCUT2D eigenvalue weighted by Crippen LogP contribution is 2.30. The van der Waals surface area contributed by atoms with E-state index in [2.05, 4.69) is 54.3 Å². The van der Waals surface area contributed by atoms with Crippen molar-refractivity contribution in [1.29, 1.82) is 0 Å². The summed E-state index contributed by atoms with van der Waals surface area (Å²) < 4.78 is 0. The fourth-order valence-corrected chi connectivity index (χ4v) is 4.56. The maximum absolute atomic E-state index is 13.4. The van der Waals surface area contributed by atoms with Gasteiger partial charge in [-0.25, -0.2) is 4.99 Å². The zero-order valence-electron chi connectivity index (χ0n) is 18.5. The molecule has 1 saturated heterocycles. The average molecular weight is 426 g/mol. The largest absolute Gasteiger partial charge is 0.360 e. The topological polar surface area (TPSA) is 40.4 Å². The number of carbonyl (C=O) groups excluding carboxylic acids is 1. The average Bonchev–Trinajstić information content (AvgIpc) is 3.11. The van der Waals surface area contributed by atoms with E-state index in [-0.39, 0.29) is 5.91 Å². The van der Waals surface area contributed by atoms with Crippen LogP contribution in [0.3, 0.4) is 0 Å². The van der Waals surface area contributed by atoms with Gasteiger partial charge in [-0.05, 0) is 42.3 Å². The van der Waals surface area contributed by atoms with E-state index in [1.165, 1.54) is 16.2 Å². The molecule has 1 amide bonds. The minimum Gasteiger partial charge on any atom is -0.360 e. The highest BCUT2D eigenvalue weighted by molar-refractivity contribution is 6.54. The second-order valence-electron chi connectivity index (χ2n) is 8.46. The number of hydrogen-bond donors (Lipinski definition) is 1. The van der Waals surface area contributed by atoms with Crippen LogP contribution < -0.4 is 14.7 Å². The number of nitrogens with one attached hydrogen (secondary N) is 1. The summed E-state index contributed by atoms with van der Waals surface area (Å²) in [5.41, 5.74) is 5.82. The van der Waals surface area contributed by atoms with Crippen LogP contribution in [0, 0.1) is 0 Å². The third-order valence-corrected chi connectivity index (χ3v) is 6.46. The Labute approximate surface area is 189 Å². The quantitative estimate of drug-likeness (QED) is 0.683. The first-order chi connectivity index (χ1) is 15.7. The summed E-state index contributed by atoms with van der Waals surface area (Å²) in [5, 5.41) is 0. The van der Waals surface area contributed by atoms with E-state index in [1.54, 1.807) is 0 Å². The minimum absolute atomic E-state index is 0.00348. The number of quaternary nitrogens is 1. The molecule has 32 heavy (non-hydrogen) atoms. The molecule has 0 aliphatic carbocycles. The molecule has 0 bridgehead atoms. The number of para-hydroxylation sites is 2. The third kappa shape index (κ3) is 4.04. The molecular formula is C27H29N4O+. The number of piperazine rings is 1. The van der Waals surface area contributed by atoms with Gasteiger partial charge in [0.25, 0.3) is 5.91 Å². The lowest BCUT2D eigenvalue weighted by Crippen LogP contribution is -3.16. The Bertz CT molecular complexity index is 1120. The number of rotatable bonds is 5. The molecule has 3 aromatic rings. The first-order valence-electron chi connectivity index (χ1n) is 11.5. The first-order valence-corrected chi connectivity index (χ1v) is 11.5. The van der Waals surface area contributed by atoms with Crippen molar-refractivity contribution in [2.45, 2.75) is 13.3 Å². The van der Waals surface area contributed by atoms with E-state index in [9.17, 15) is 4.79 Å². The van der Waals surface area contributed by atoms with E-state index in [4.69, 9.17) is 4.99 Å². The fourth-order valence-electron chi connectivity index (χ4n) is 4.56. The lowest BCUT2D eigenvalue weighted by atomic mass is 10.1. The van der Waals surface area contributed by atoms with Gasteiger partial charge >= 0.3 is 0 Å². The number of amides is 1. The fraction of sp³-hybridized carbons (Fsp3) is 0.259. The van der Waals surface area contributed by atoms with Gasteiger partial charge in [0.2, 0.25) is 0 Å². The summed E-state index contributed by atoms with van der Waals surface area (Å²) in [6.45, 7) is 6.81. The van der Waals surface area contributed by atoms with Gasteiger partial charge in [-0.2, -0.15) is 0 Å². The van der Waals surface area contributed by atoms with Crippen LogP contribution in [0.2, 0.25) is 0 Å². The maximum Gasteiger partial charge on any atom is 0.281 e. The van der Waals surface area contributed by atoms with Gasteiger partial charge in [-0.1, -0.05) is 55.5 Å². The molecule has 3 aromatic carbocycles. The van der Waals surface area contributed by atoms with Gasteiger partial charge in [0.15, 0.2) is 6.67 Å². The van der Waals surface area contributed by atoms with Crippen LogP contribution in [0.5, 0.6) is 0 Å². The number of nitrogens with zero attached hydrogens (tertiary/aromatic N) is 3. The van der Waals surface area contributed by atoms with Gasteiger partial charge in [-0.15, -0.1) is 0 Å². The van der Waals surface area contributed by atoms with Crippen molar-refractivity contribution in [3.05, 3.63) is 90.0 Å². The van der Waals surface area contributed by atoms with Crippen LogP contribution in [0.4, 0.5) is 17.1 Å². The van der Waals surface area contributed by atoms with Crippen molar-refractivity contribution in [3.63, 3.8) is 0 Å². The molecule has 0 aromatic heterocycles. The van der Waals surface area contributed by atoms with Crippen LogP contribution in [0.1, 0.15) is 18.1 Å². The van der Waals surface area contributed by atoms with Crippen molar-refractivity contribution < 1.29 is 9.69 Å². The molecule has 0 saturated carbocycles. The summed E-state index contributed by atoms with van der Waals surface area (Å²) in [5.74, 6) is 0.00348. The number of carbonyl (C=O) groups is 1. The Morgan fingerprint density at radius 1 is 0.875 bits per heavy atom. The SMILES string of the molecule is CCc1ccc(N=C2C(=O)N(C[NH+]3CCN(c4ccccc4)CC3)c3ccccc32)cc1. The van der Waals surface area contributed by atoms with E-state index < -0.39 is 0 Å². The summed E-state index contributed by atoms with van der Waals surface area (Å²) >= 11 is 0.